The van der Waals surface area contributed by atoms with E-state index in [1.54, 1.807) is 0 Å². The second-order valence-electron chi connectivity index (χ2n) is 1.54. The minimum absolute atomic E-state index is 0.0245. The molecule has 2 N–H and O–H groups in total. The van der Waals surface area contributed by atoms with Gasteiger partial charge in [-0.05, 0) is 6.42 Å². The molecule has 0 spiro atoms. The van der Waals surface area contributed by atoms with Crippen LogP contribution in [0.4, 0.5) is 0 Å². The summed E-state index contributed by atoms with van der Waals surface area (Å²) in [5.41, 5.74) is 5.39. The molecule has 0 bridgehead atoms. The predicted molar refractivity (Wildman–Crippen MR) is 31.8 cm³/mol. The highest BCUT2D eigenvalue weighted by Crippen LogP contribution is 1.96. The van der Waals surface area contributed by atoms with Gasteiger partial charge in [0.25, 0.3) is 0 Å². The van der Waals surface area contributed by atoms with Gasteiger partial charge in [-0.15, -0.1) is 0 Å². The molecule has 0 saturated heterocycles. The fraction of sp³-hybridized carbons (Fsp3) is 1.00. The van der Waals surface area contributed by atoms with Crippen LogP contribution in [0, 0.1) is 0 Å². The molecule has 1 atom stereocenters. The Balaban J connectivity index is 2.97. The third-order valence-corrected chi connectivity index (χ3v) is 1.12. The molecule has 0 aromatic rings. The lowest BCUT2D eigenvalue weighted by Gasteiger charge is -2.02. The fourth-order valence-corrected chi connectivity index (χ4v) is 0.496. The largest absolute Gasteiger partial charge is 0.327 e. The first kappa shape index (κ1) is 8.02. The van der Waals surface area contributed by atoms with Crippen LogP contribution in [0.3, 0.4) is 0 Å². The lowest BCUT2D eigenvalue weighted by atomic mass is 10.3. The molecule has 0 aliphatic rings. The minimum atomic E-state index is -0.281. The van der Waals surface area contributed by atoms with Crippen LogP contribution in [-0.2, 0) is 9.09 Å². The van der Waals surface area contributed by atoms with Crippen molar-refractivity contribution in [2.75, 3.05) is 6.61 Å². The van der Waals surface area contributed by atoms with Crippen molar-refractivity contribution in [1.29, 1.82) is 0 Å². The highest BCUT2D eigenvalue weighted by atomic mass is 31.1. The summed E-state index contributed by atoms with van der Waals surface area (Å²) >= 11 is 0. The van der Waals surface area contributed by atoms with Gasteiger partial charge < -0.3 is 5.73 Å². The standard InChI is InChI=1S/C4H10NO2P/c1-2-4(5)3-7-8-6/h4H,2-3,5H2,1H3. The maximum Gasteiger partial charge on any atom is 0.327 e. The second kappa shape index (κ2) is 5.16. The van der Waals surface area contributed by atoms with E-state index in [0.717, 1.165) is 6.42 Å². The van der Waals surface area contributed by atoms with E-state index >= 15 is 0 Å². The van der Waals surface area contributed by atoms with Gasteiger partial charge >= 0.3 is 8.69 Å². The topological polar surface area (TPSA) is 52.3 Å². The van der Waals surface area contributed by atoms with Crippen molar-refractivity contribution in [3.05, 3.63) is 0 Å². The van der Waals surface area contributed by atoms with Gasteiger partial charge in [-0.1, -0.05) is 6.92 Å². The molecule has 0 aromatic carbocycles. The van der Waals surface area contributed by atoms with Gasteiger partial charge in [-0.2, -0.15) is 0 Å². The molecule has 1 unspecified atom stereocenters. The molecule has 0 radical (unpaired) electrons. The summed E-state index contributed by atoms with van der Waals surface area (Å²) in [6, 6.07) is 0.0245. The first-order chi connectivity index (χ1) is 3.81. The Labute approximate surface area is 50.5 Å². The first-order valence-electron chi connectivity index (χ1n) is 2.51. The Morgan fingerprint density at radius 2 is 2.50 bits per heavy atom. The maximum atomic E-state index is 9.64. The van der Waals surface area contributed by atoms with Gasteiger partial charge in [0.2, 0.25) is 0 Å². The number of nitrogens with two attached hydrogens (primary N) is 1. The SMILES string of the molecule is CCC(N)COP=O. The van der Waals surface area contributed by atoms with E-state index in [2.05, 4.69) is 4.52 Å². The van der Waals surface area contributed by atoms with E-state index < -0.39 is 0 Å². The van der Waals surface area contributed by atoms with Crippen molar-refractivity contribution in [2.45, 2.75) is 19.4 Å². The smallest absolute Gasteiger partial charge is 0.326 e. The van der Waals surface area contributed by atoms with E-state index in [-0.39, 0.29) is 14.7 Å². The monoisotopic (exact) mass is 135 g/mol. The molecule has 0 saturated carbocycles. The summed E-state index contributed by atoms with van der Waals surface area (Å²) in [7, 11) is -0.281. The van der Waals surface area contributed by atoms with Crippen LogP contribution in [-0.4, -0.2) is 12.6 Å². The van der Waals surface area contributed by atoms with Crippen LogP contribution >= 0.6 is 8.69 Å². The number of hydrogen-bond donors (Lipinski definition) is 1. The van der Waals surface area contributed by atoms with E-state index in [1.807, 2.05) is 6.92 Å². The van der Waals surface area contributed by atoms with Crippen LogP contribution in [0.1, 0.15) is 13.3 Å². The fourth-order valence-electron chi connectivity index (χ4n) is 0.244. The highest BCUT2D eigenvalue weighted by Gasteiger charge is 1.96. The van der Waals surface area contributed by atoms with Crippen LogP contribution in [0.5, 0.6) is 0 Å². The van der Waals surface area contributed by atoms with Crippen molar-refractivity contribution < 1.29 is 9.09 Å². The third kappa shape index (κ3) is 4.19. The molecule has 0 heterocycles. The van der Waals surface area contributed by atoms with E-state index in [1.165, 1.54) is 0 Å². The number of rotatable bonds is 4. The van der Waals surface area contributed by atoms with Gasteiger partial charge in [0.15, 0.2) is 0 Å². The molecule has 0 aliphatic carbocycles. The Morgan fingerprint density at radius 3 is 2.88 bits per heavy atom. The summed E-state index contributed by atoms with van der Waals surface area (Å²) in [4.78, 5) is 0. The first-order valence-corrected chi connectivity index (χ1v) is 3.24. The van der Waals surface area contributed by atoms with Crippen molar-refractivity contribution in [3.63, 3.8) is 0 Å². The second-order valence-corrected chi connectivity index (χ2v) is 1.95. The Hall–Kier alpha value is 0.0200. The third-order valence-electron chi connectivity index (χ3n) is 0.866. The quantitative estimate of drug-likeness (QED) is 0.584. The molecule has 0 aromatic heterocycles. The van der Waals surface area contributed by atoms with Crippen molar-refractivity contribution >= 4 is 8.69 Å². The van der Waals surface area contributed by atoms with Gasteiger partial charge in [-0.25, -0.2) is 4.57 Å². The lowest BCUT2D eigenvalue weighted by Crippen LogP contribution is -2.23. The van der Waals surface area contributed by atoms with Gasteiger partial charge in [0.05, 0.1) is 6.61 Å². The van der Waals surface area contributed by atoms with E-state index in [9.17, 15) is 4.57 Å². The Morgan fingerprint density at radius 1 is 1.88 bits per heavy atom. The highest BCUT2D eigenvalue weighted by molar-refractivity contribution is 7.17. The molecule has 8 heavy (non-hydrogen) atoms. The minimum Gasteiger partial charge on any atom is -0.326 e. The average molecular weight is 135 g/mol. The molecular formula is C4H10NO2P. The summed E-state index contributed by atoms with van der Waals surface area (Å²) in [5.74, 6) is 0. The Kier molecular flexibility index (Phi) is 5.18. The van der Waals surface area contributed by atoms with Crippen LogP contribution < -0.4 is 5.73 Å². The summed E-state index contributed by atoms with van der Waals surface area (Å²) < 4.78 is 14.1. The van der Waals surface area contributed by atoms with Crippen LogP contribution in [0.15, 0.2) is 0 Å². The van der Waals surface area contributed by atoms with Gasteiger partial charge in [0.1, 0.15) is 0 Å². The summed E-state index contributed by atoms with van der Waals surface area (Å²) in [6.45, 7) is 2.33. The lowest BCUT2D eigenvalue weighted by molar-refractivity contribution is 0.308. The van der Waals surface area contributed by atoms with E-state index in [0.29, 0.717) is 6.61 Å². The molecule has 48 valence electrons. The van der Waals surface area contributed by atoms with Crippen molar-refractivity contribution in [1.82, 2.24) is 0 Å². The zero-order valence-corrected chi connectivity index (χ0v) is 5.73. The summed E-state index contributed by atoms with van der Waals surface area (Å²) in [6.07, 6.45) is 0.857. The maximum absolute atomic E-state index is 9.64. The average Bonchev–Trinajstić information content (AvgIpc) is 1.83. The molecule has 0 amide bonds. The zero-order valence-electron chi connectivity index (χ0n) is 4.83. The van der Waals surface area contributed by atoms with Gasteiger partial charge in [0, 0.05) is 6.04 Å². The molecule has 4 heteroatoms. The van der Waals surface area contributed by atoms with Crippen molar-refractivity contribution in [2.24, 2.45) is 5.73 Å². The molecule has 0 aliphatic heterocycles. The molecule has 0 rings (SSSR count). The zero-order chi connectivity index (χ0) is 6.41. The normalized spacial score (nSPS) is 14.2. The van der Waals surface area contributed by atoms with Crippen LogP contribution in [0.25, 0.3) is 0 Å². The summed E-state index contributed by atoms with van der Waals surface area (Å²) in [5, 5.41) is 0. The van der Waals surface area contributed by atoms with Crippen molar-refractivity contribution in [3.8, 4) is 0 Å². The van der Waals surface area contributed by atoms with Crippen LogP contribution in [0.2, 0.25) is 0 Å². The predicted octanol–water partition coefficient (Wildman–Crippen LogP) is 0.947. The molecule has 0 fully saturated rings. The Bertz CT molecular complexity index is 69.1. The van der Waals surface area contributed by atoms with E-state index in [4.69, 9.17) is 5.73 Å². The molecule has 3 nitrogen and oxygen atoms in total. The van der Waals surface area contributed by atoms with Gasteiger partial charge in [-0.3, -0.25) is 4.52 Å². The molecular weight excluding hydrogens is 125 g/mol. The number of hydrogen-bond acceptors (Lipinski definition) is 3.